The molecular formula is C22H32N4O6S. The van der Waals surface area contributed by atoms with E-state index in [2.05, 4.69) is 10.6 Å². The van der Waals surface area contributed by atoms with Crippen molar-refractivity contribution in [3.05, 3.63) is 29.8 Å². The van der Waals surface area contributed by atoms with Crippen molar-refractivity contribution >= 4 is 35.5 Å². The van der Waals surface area contributed by atoms with Gasteiger partial charge in [-0.2, -0.15) is 11.8 Å². The number of benzene rings is 1. The maximum absolute atomic E-state index is 12.8. The number of rotatable bonds is 11. The Morgan fingerprint density at radius 3 is 2.48 bits per heavy atom. The van der Waals surface area contributed by atoms with Crippen LogP contribution in [0, 0.1) is 0 Å². The smallest absolute Gasteiger partial charge is 0.326 e. The number of carbonyl (C=O) groups excluding carboxylic acids is 3. The van der Waals surface area contributed by atoms with Crippen molar-refractivity contribution in [3.63, 3.8) is 0 Å². The standard InChI is InChI=1S/C22H32N4O6S/c1-13(19(28)25-17(22(31)32)12-14-5-7-15(27)8-6-14)24-20(29)18-4-3-10-26(18)21(30)16(23)9-11-33-2/h5-8,13,16-18,27H,3-4,9-12,23H2,1-2H3,(H,24,29)(H,25,28)(H,31,32). The summed E-state index contributed by atoms with van der Waals surface area (Å²) in [6.45, 7) is 1.89. The third-order valence-corrected chi connectivity index (χ3v) is 6.18. The molecule has 33 heavy (non-hydrogen) atoms. The number of nitrogens with one attached hydrogen (secondary N) is 2. The maximum Gasteiger partial charge on any atom is 0.326 e. The Hall–Kier alpha value is -2.79. The van der Waals surface area contributed by atoms with E-state index in [4.69, 9.17) is 5.73 Å². The number of likely N-dealkylation sites (tertiary alicyclic amines) is 1. The summed E-state index contributed by atoms with van der Waals surface area (Å²) in [4.78, 5) is 51.1. The van der Waals surface area contributed by atoms with Gasteiger partial charge in [-0.1, -0.05) is 12.1 Å². The maximum atomic E-state index is 12.8. The molecule has 10 nitrogen and oxygen atoms in total. The van der Waals surface area contributed by atoms with E-state index < -0.39 is 42.0 Å². The van der Waals surface area contributed by atoms with Crippen LogP contribution in [0.15, 0.2) is 24.3 Å². The van der Waals surface area contributed by atoms with Gasteiger partial charge in [0.15, 0.2) is 0 Å². The monoisotopic (exact) mass is 480 g/mol. The molecule has 2 rings (SSSR count). The number of carboxylic acid groups (broad SMARTS) is 1. The van der Waals surface area contributed by atoms with Crippen molar-refractivity contribution in [3.8, 4) is 5.75 Å². The summed E-state index contributed by atoms with van der Waals surface area (Å²) in [5.74, 6) is -1.83. The zero-order valence-electron chi connectivity index (χ0n) is 18.8. The van der Waals surface area contributed by atoms with E-state index in [0.717, 1.165) is 5.75 Å². The average molecular weight is 481 g/mol. The summed E-state index contributed by atoms with van der Waals surface area (Å²) in [6, 6.07) is 2.41. The van der Waals surface area contributed by atoms with Crippen LogP contribution in [0.3, 0.4) is 0 Å². The lowest BCUT2D eigenvalue weighted by Crippen LogP contribution is -2.56. The number of carboxylic acids is 1. The Bertz CT molecular complexity index is 850. The third kappa shape index (κ3) is 7.64. The fraction of sp³-hybridized carbons (Fsp3) is 0.545. The topological polar surface area (TPSA) is 162 Å². The number of hydrogen-bond acceptors (Lipinski definition) is 7. The summed E-state index contributed by atoms with van der Waals surface area (Å²) in [7, 11) is 0. The Kier molecular flexibility index (Phi) is 9.98. The minimum Gasteiger partial charge on any atom is -0.508 e. The normalized spacial score (nSPS) is 18.3. The number of carbonyl (C=O) groups is 4. The van der Waals surface area contributed by atoms with Crippen LogP contribution in [-0.4, -0.2) is 81.5 Å². The van der Waals surface area contributed by atoms with Crippen LogP contribution in [0.1, 0.15) is 31.7 Å². The van der Waals surface area contributed by atoms with E-state index in [9.17, 15) is 29.4 Å². The molecule has 3 amide bonds. The molecule has 0 bridgehead atoms. The molecular weight excluding hydrogens is 448 g/mol. The minimum atomic E-state index is -1.22. The molecule has 1 aliphatic rings. The molecule has 0 radical (unpaired) electrons. The first-order valence-electron chi connectivity index (χ1n) is 10.8. The molecule has 1 heterocycles. The van der Waals surface area contributed by atoms with Gasteiger partial charge >= 0.3 is 5.97 Å². The fourth-order valence-electron chi connectivity index (χ4n) is 3.62. The first kappa shape index (κ1) is 26.5. The summed E-state index contributed by atoms with van der Waals surface area (Å²) in [6.07, 6.45) is 3.59. The molecule has 1 aromatic rings. The Morgan fingerprint density at radius 1 is 1.21 bits per heavy atom. The molecule has 6 N–H and O–H groups in total. The van der Waals surface area contributed by atoms with Gasteiger partial charge in [0, 0.05) is 13.0 Å². The number of phenolic OH excluding ortho intramolecular Hbond substituents is 1. The van der Waals surface area contributed by atoms with Crippen molar-refractivity contribution in [2.24, 2.45) is 5.73 Å². The predicted octanol–water partition coefficient (Wildman–Crippen LogP) is 0.0802. The highest BCUT2D eigenvalue weighted by atomic mass is 32.2. The largest absolute Gasteiger partial charge is 0.508 e. The van der Waals surface area contributed by atoms with Gasteiger partial charge in [0.05, 0.1) is 6.04 Å². The highest BCUT2D eigenvalue weighted by molar-refractivity contribution is 7.98. The first-order valence-corrected chi connectivity index (χ1v) is 12.2. The number of hydrogen-bond donors (Lipinski definition) is 5. The number of amides is 3. The van der Waals surface area contributed by atoms with Crippen molar-refractivity contribution in [2.45, 2.75) is 56.8 Å². The molecule has 0 aliphatic carbocycles. The lowest BCUT2D eigenvalue weighted by Gasteiger charge is -2.28. The third-order valence-electron chi connectivity index (χ3n) is 5.53. The average Bonchev–Trinajstić information content (AvgIpc) is 3.27. The number of nitrogens with two attached hydrogens (primary N) is 1. The molecule has 182 valence electrons. The number of thioether (sulfide) groups is 1. The Balaban J connectivity index is 1.95. The molecule has 1 aliphatic heterocycles. The van der Waals surface area contributed by atoms with Crippen LogP contribution in [0.4, 0.5) is 0 Å². The molecule has 1 fully saturated rings. The lowest BCUT2D eigenvalue weighted by atomic mass is 10.1. The van der Waals surface area contributed by atoms with E-state index >= 15 is 0 Å². The molecule has 11 heteroatoms. The number of aliphatic carboxylic acids is 1. The number of nitrogens with zero attached hydrogens (tertiary/aromatic N) is 1. The second-order valence-electron chi connectivity index (χ2n) is 8.08. The molecule has 0 spiro atoms. The van der Waals surface area contributed by atoms with Gasteiger partial charge < -0.3 is 31.5 Å². The van der Waals surface area contributed by atoms with Gasteiger partial charge in [-0.25, -0.2) is 4.79 Å². The summed E-state index contributed by atoms with van der Waals surface area (Å²) < 4.78 is 0. The van der Waals surface area contributed by atoms with Crippen LogP contribution < -0.4 is 16.4 Å². The van der Waals surface area contributed by atoms with Crippen molar-refractivity contribution in [1.82, 2.24) is 15.5 Å². The highest BCUT2D eigenvalue weighted by Crippen LogP contribution is 2.19. The van der Waals surface area contributed by atoms with E-state index in [-0.39, 0.29) is 18.1 Å². The van der Waals surface area contributed by atoms with Crippen LogP contribution >= 0.6 is 11.8 Å². The van der Waals surface area contributed by atoms with Crippen LogP contribution in [0.25, 0.3) is 0 Å². The Labute approximate surface area is 197 Å². The van der Waals surface area contributed by atoms with Crippen LogP contribution in [0.2, 0.25) is 0 Å². The van der Waals surface area contributed by atoms with Gasteiger partial charge in [0.1, 0.15) is 23.9 Å². The molecule has 1 saturated heterocycles. The SMILES string of the molecule is CSCCC(N)C(=O)N1CCCC1C(=O)NC(C)C(=O)NC(Cc1ccc(O)cc1)C(=O)O. The van der Waals surface area contributed by atoms with Crippen LogP contribution in [0.5, 0.6) is 5.75 Å². The highest BCUT2D eigenvalue weighted by Gasteiger charge is 2.37. The van der Waals surface area contributed by atoms with Gasteiger partial charge in [0.2, 0.25) is 17.7 Å². The number of aromatic hydroxyl groups is 1. The molecule has 4 atom stereocenters. The van der Waals surface area contributed by atoms with Gasteiger partial charge in [-0.3, -0.25) is 14.4 Å². The van der Waals surface area contributed by atoms with Crippen molar-refractivity contribution in [2.75, 3.05) is 18.6 Å². The molecule has 0 aromatic heterocycles. The second kappa shape index (κ2) is 12.4. The quantitative estimate of drug-likeness (QED) is 0.297. The summed E-state index contributed by atoms with van der Waals surface area (Å²) >= 11 is 1.59. The van der Waals surface area contributed by atoms with E-state index in [1.54, 1.807) is 23.9 Å². The lowest BCUT2D eigenvalue weighted by molar-refractivity contribution is -0.143. The molecule has 1 aromatic carbocycles. The van der Waals surface area contributed by atoms with Crippen LogP contribution in [-0.2, 0) is 25.6 Å². The van der Waals surface area contributed by atoms with Crippen molar-refractivity contribution in [1.29, 1.82) is 0 Å². The summed E-state index contributed by atoms with van der Waals surface area (Å²) in [5.41, 5.74) is 6.60. The minimum absolute atomic E-state index is 0.0147. The summed E-state index contributed by atoms with van der Waals surface area (Å²) in [5, 5.41) is 23.8. The first-order chi connectivity index (χ1) is 15.6. The van der Waals surface area contributed by atoms with Gasteiger partial charge in [-0.05, 0) is 55.9 Å². The second-order valence-corrected chi connectivity index (χ2v) is 9.06. The Morgan fingerprint density at radius 2 is 1.88 bits per heavy atom. The fourth-order valence-corrected chi connectivity index (χ4v) is 4.11. The van der Waals surface area contributed by atoms with Gasteiger partial charge in [-0.15, -0.1) is 0 Å². The molecule has 0 saturated carbocycles. The zero-order valence-corrected chi connectivity index (χ0v) is 19.6. The number of phenols is 1. The van der Waals surface area contributed by atoms with Crippen molar-refractivity contribution < 1.29 is 29.4 Å². The predicted molar refractivity (Wildman–Crippen MR) is 125 cm³/mol. The van der Waals surface area contributed by atoms with E-state index in [0.29, 0.717) is 31.4 Å². The van der Waals surface area contributed by atoms with E-state index in [1.165, 1.54) is 24.0 Å². The molecule has 4 unspecified atom stereocenters. The zero-order chi connectivity index (χ0) is 24.5. The van der Waals surface area contributed by atoms with E-state index in [1.807, 2.05) is 6.26 Å². The van der Waals surface area contributed by atoms with Gasteiger partial charge in [0.25, 0.3) is 0 Å².